The molecule has 0 bridgehead atoms. The van der Waals surface area contributed by atoms with Crippen LogP contribution in [0.4, 0.5) is 11.4 Å². The second-order valence-corrected chi connectivity index (χ2v) is 12.2. The third-order valence-corrected chi connectivity index (χ3v) is 8.29. The lowest BCUT2D eigenvalue weighted by molar-refractivity contribution is -0.139. The maximum Gasteiger partial charge on any atom is 0.225 e. The quantitative estimate of drug-likeness (QED) is 0.327. The van der Waals surface area contributed by atoms with E-state index in [4.69, 9.17) is 9.97 Å². The van der Waals surface area contributed by atoms with E-state index in [0.29, 0.717) is 11.8 Å². The number of hydrogen-bond acceptors (Lipinski definition) is 4. The van der Waals surface area contributed by atoms with Crippen LogP contribution < -0.4 is 5.32 Å². The number of aryl methyl sites for hydroxylation is 1. The Balaban J connectivity index is 1.63. The summed E-state index contributed by atoms with van der Waals surface area (Å²) in [4.78, 5) is 25.2. The highest BCUT2D eigenvalue weighted by Gasteiger charge is 2.35. The van der Waals surface area contributed by atoms with Crippen LogP contribution in [0, 0.1) is 11.3 Å². The molecular weight excluding hydrogens is 468 g/mol. The number of pyridine rings is 2. The summed E-state index contributed by atoms with van der Waals surface area (Å²) in [5, 5.41) is 3.64. The number of carbonyl (C=O) groups is 1. The number of hydrogen-bond donors (Lipinski definition) is 1. The minimum atomic E-state index is -0.0807. The van der Waals surface area contributed by atoms with Crippen LogP contribution >= 0.6 is 0 Å². The van der Waals surface area contributed by atoms with Gasteiger partial charge in [-0.2, -0.15) is 0 Å². The predicted octanol–water partition coefficient (Wildman–Crippen LogP) is 8.58. The average molecular weight is 515 g/mol. The lowest BCUT2D eigenvalue weighted by Crippen LogP contribution is -2.41. The second-order valence-electron chi connectivity index (χ2n) is 12.2. The molecule has 204 valence electrons. The number of nitrogens with one attached hydrogen (secondary N) is 1. The van der Waals surface area contributed by atoms with Gasteiger partial charge in [0.05, 0.1) is 29.0 Å². The summed E-state index contributed by atoms with van der Waals surface area (Å²) in [6.45, 7) is 13.3. The number of aromatic nitrogens is 2. The topological polar surface area (TPSA) is 58.1 Å². The molecule has 38 heavy (non-hydrogen) atoms. The van der Waals surface area contributed by atoms with Crippen molar-refractivity contribution in [3.05, 3.63) is 59.4 Å². The van der Waals surface area contributed by atoms with Crippen molar-refractivity contribution in [2.75, 3.05) is 12.4 Å². The van der Waals surface area contributed by atoms with Gasteiger partial charge in [-0.15, -0.1) is 0 Å². The molecule has 3 aromatic rings. The van der Waals surface area contributed by atoms with Crippen LogP contribution in [0.25, 0.3) is 11.0 Å². The Kier molecular flexibility index (Phi) is 8.74. The second kappa shape index (κ2) is 11.8. The van der Waals surface area contributed by atoms with Crippen molar-refractivity contribution in [3.63, 3.8) is 0 Å². The molecule has 4 rings (SSSR count). The lowest BCUT2D eigenvalue weighted by Gasteiger charge is -2.40. The zero-order valence-corrected chi connectivity index (χ0v) is 24.5. The van der Waals surface area contributed by atoms with Crippen molar-refractivity contribution in [1.29, 1.82) is 0 Å². The maximum atomic E-state index is 13.5. The zero-order chi connectivity index (χ0) is 27.4. The Labute approximate surface area is 229 Å². The van der Waals surface area contributed by atoms with E-state index < -0.39 is 0 Å². The number of fused-ring (bicyclic) bond motifs is 1. The molecule has 1 saturated carbocycles. The molecular formula is C33H46N4O. The molecule has 0 saturated heterocycles. The molecule has 1 aliphatic rings. The number of carbonyl (C=O) groups excluding carboxylic acids is 1. The molecule has 0 spiro atoms. The zero-order valence-electron chi connectivity index (χ0n) is 24.5. The van der Waals surface area contributed by atoms with E-state index in [1.165, 1.54) is 30.4 Å². The van der Waals surface area contributed by atoms with E-state index in [9.17, 15) is 4.79 Å². The maximum absolute atomic E-state index is 13.5. The Morgan fingerprint density at radius 1 is 1.05 bits per heavy atom. The van der Waals surface area contributed by atoms with Gasteiger partial charge in [-0.3, -0.25) is 14.8 Å². The molecule has 0 radical (unpaired) electrons. The van der Waals surface area contributed by atoms with Gasteiger partial charge in [0.25, 0.3) is 0 Å². The van der Waals surface area contributed by atoms with Crippen molar-refractivity contribution in [3.8, 4) is 0 Å². The van der Waals surface area contributed by atoms with Crippen molar-refractivity contribution in [1.82, 2.24) is 14.9 Å². The summed E-state index contributed by atoms with van der Waals surface area (Å²) in [6.07, 6.45) is 9.52. The Hall–Kier alpha value is -2.95. The van der Waals surface area contributed by atoms with Gasteiger partial charge in [-0.05, 0) is 66.8 Å². The Morgan fingerprint density at radius 3 is 2.34 bits per heavy atom. The van der Waals surface area contributed by atoms with Gasteiger partial charge in [0.2, 0.25) is 5.91 Å². The Bertz CT molecular complexity index is 1240. The van der Waals surface area contributed by atoms with Gasteiger partial charge in [0.15, 0.2) is 0 Å². The van der Waals surface area contributed by atoms with E-state index in [0.717, 1.165) is 53.8 Å². The molecule has 5 heteroatoms. The lowest BCUT2D eigenvalue weighted by atomic mass is 9.80. The molecule has 1 N–H and O–H groups in total. The monoisotopic (exact) mass is 514 g/mol. The van der Waals surface area contributed by atoms with Gasteiger partial charge in [-0.25, -0.2) is 0 Å². The number of anilines is 2. The number of rotatable bonds is 8. The van der Waals surface area contributed by atoms with Crippen LogP contribution in [-0.2, 0) is 11.2 Å². The highest BCUT2D eigenvalue weighted by Crippen LogP contribution is 2.40. The molecule has 2 heterocycles. The molecule has 5 nitrogen and oxygen atoms in total. The van der Waals surface area contributed by atoms with E-state index >= 15 is 0 Å². The van der Waals surface area contributed by atoms with Crippen molar-refractivity contribution >= 4 is 28.3 Å². The summed E-state index contributed by atoms with van der Waals surface area (Å²) < 4.78 is 0. The largest absolute Gasteiger partial charge is 0.354 e. The van der Waals surface area contributed by atoms with E-state index in [1.54, 1.807) is 0 Å². The van der Waals surface area contributed by atoms with E-state index in [1.807, 2.05) is 18.1 Å². The van der Waals surface area contributed by atoms with Crippen molar-refractivity contribution < 1.29 is 4.79 Å². The molecule has 0 unspecified atom stereocenters. The molecule has 2 atom stereocenters. The number of amides is 1. The fourth-order valence-electron chi connectivity index (χ4n) is 6.10. The fraction of sp³-hybridized carbons (Fsp3) is 0.545. The first kappa shape index (κ1) is 28.1. The summed E-state index contributed by atoms with van der Waals surface area (Å²) in [6, 6.07) is 12.8. The van der Waals surface area contributed by atoms with Gasteiger partial charge in [-0.1, -0.05) is 72.9 Å². The number of benzene rings is 1. The summed E-state index contributed by atoms with van der Waals surface area (Å²) in [5.41, 5.74) is 7.36. The molecule has 1 aromatic carbocycles. The van der Waals surface area contributed by atoms with Crippen LogP contribution in [0.5, 0.6) is 0 Å². The average Bonchev–Trinajstić information content (AvgIpc) is 2.92. The highest BCUT2D eigenvalue weighted by atomic mass is 16.2. The van der Waals surface area contributed by atoms with Crippen LogP contribution in [0.3, 0.4) is 0 Å². The molecule has 0 aliphatic heterocycles. The van der Waals surface area contributed by atoms with Gasteiger partial charge in [0, 0.05) is 29.9 Å². The minimum Gasteiger partial charge on any atom is -0.354 e. The van der Waals surface area contributed by atoms with Gasteiger partial charge in [0.1, 0.15) is 0 Å². The standard InChI is InChI=1S/C33H46N4O/c1-8-22(3)29-28(21-34-27-20-19-25(9-2)36-30(27)29)35-26-17-15-23(16-18-26)31(33(4,5)6)37(7)32(38)24-13-11-10-12-14-24/h15-22,24,31,35H,8-14H2,1-7H3/t22-,31-/m1/s1. The normalized spacial score (nSPS) is 16.3. The number of nitrogens with zero attached hydrogens (tertiary/aromatic N) is 3. The molecule has 1 aliphatic carbocycles. The van der Waals surface area contributed by atoms with Crippen molar-refractivity contribution in [2.45, 2.75) is 98.4 Å². The summed E-state index contributed by atoms with van der Waals surface area (Å²) in [5.74, 6) is 0.818. The third-order valence-electron chi connectivity index (χ3n) is 8.29. The van der Waals surface area contributed by atoms with Gasteiger partial charge < -0.3 is 10.2 Å². The predicted molar refractivity (Wildman–Crippen MR) is 159 cm³/mol. The van der Waals surface area contributed by atoms with E-state index in [2.05, 4.69) is 83.3 Å². The first-order valence-corrected chi connectivity index (χ1v) is 14.6. The van der Waals surface area contributed by atoms with E-state index in [-0.39, 0.29) is 17.4 Å². The minimum absolute atomic E-state index is 0.0145. The SMILES string of the molecule is CCc1ccc2ncc(Nc3ccc([C@@H](N(C)C(=O)C4CCCCC4)C(C)(C)C)cc3)c([C@H](C)CC)c2n1. The third kappa shape index (κ3) is 6.03. The fourth-order valence-corrected chi connectivity index (χ4v) is 6.10. The van der Waals surface area contributed by atoms with Crippen LogP contribution in [0.2, 0.25) is 0 Å². The van der Waals surface area contributed by atoms with Crippen LogP contribution in [0.1, 0.15) is 109 Å². The first-order chi connectivity index (χ1) is 18.1. The van der Waals surface area contributed by atoms with Crippen molar-refractivity contribution in [2.24, 2.45) is 11.3 Å². The molecule has 1 fully saturated rings. The van der Waals surface area contributed by atoms with Crippen LogP contribution in [-0.4, -0.2) is 27.8 Å². The summed E-state index contributed by atoms with van der Waals surface area (Å²) >= 11 is 0. The molecule has 2 aromatic heterocycles. The first-order valence-electron chi connectivity index (χ1n) is 14.6. The smallest absolute Gasteiger partial charge is 0.225 e. The summed E-state index contributed by atoms with van der Waals surface area (Å²) in [7, 11) is 2.00. The van der Waals surface area contributed by atoms with Gasteiger partial charge >= 0.3 is 0 Å². The molecule has 1 amide bonds. The van der Waals surface area contributed by atoms with Crippen LogP contribution in [0.15, 0.2) is 42.6 Å². The Morgan fingerprint density at radius 2 is 1.74 bits per heavy atom. The highest BCUT2D eigenvalue weighted by molar-refractivity contribution is 5.85.